The normalized spacial score (nSPS) is 9.60. The maximum absolute atomic E-state index is 10.9. The predicted molar refractivity (Wildman–Crippen MR) is 76.2 cm³/mol. The second-order valence-electron chi connectivity index (χ2n) is 4.06. The number of hydrogen-bond acceptors (Lipinski definition) is 4. The third-order valence-electron chi connectivity index (χ3n) is 2.59. The highest BCUT2D eigenvalue weighted by molar-refractivity contribution is 5.81. The lowest BCUT2D eigenvalue weighted by atomic mass is 10.1. The standard InChI is InChI=1S/C16H18O4/c1-3-15(17)19-10-8-13-6-5-7-14(12-13)9-11-20-16(18)4-2/h3-7,12H,1-2,8-11H2. The molecule has 0 aromatic heterocycles. The molecule has 1 rings (SSSR count). The van der Waals surface area contributed by atoms with E-state index in [2.05, 4.69) is 13.2 Å². The topological polar surface area (TPSA) is 52.6 Å². The van der Waals surface area contributed by atoms with Gasteiger partial charge in [0.1, 0.15) is 0 Å². The van der Waals surface area contributed by atoms with Gasteiger partial charge in [-0.25, -0.2) is 9.59 Å². The van der Waals surface area contributed by atoms with E-state index in [4.69, 9.17) is 9.47 Å². The largest absolute Gasteiger partial charge is 0.462 e. The molecule has 0 aliphatic rings. The first-order valence-corrected chi connectivity index (χ1v) is 6.32. The molecule has 0 heterocycles. The molecule has 0 fully saturated rings. The van der Waals surface area contributed by atoms with Gasteiger partial charge in [0.25, 0.3) is 0 Å². The lowest BCUT2D eigenvalue weighted by Gasteiger charge is -2.06. The second-order valence-corrected chi connectivity index (χ2v) is 4.06. The van der Waals surface area contributed by atoms with Gasteiger partial charge in [0.15, 0.2) is 0 Å². The first-order chi connectivity index (χ1) is 9.65. The number of hydrogen-bond donors (Lipinski definition) is 0. The Kier molecular flexibility index (Phi) is 6.82. The summed E-state index contributed by atoms with van der Waals surface area (Å²) >= 11 is 0. The highest BCUT2D eigenvalue weighted by Crippen LogP contribution is 2.07. The van der Waals surface area contributed by atoms with Crippen molar-refractivity contribution in [2.75, 3.05) is 13.2 Å². The van der Waals surface area contributed by atoms with Crippen LogP contribution in [0, 0.1) is 0 Å². The van der Waals surface area contributed by atoms with Crippen molar-refractivity contribution in [2.45, 2.75) is 12.8 Å². The number of esters is 2. The Hall–Kier alpha value is -2.36. The van der Waals surface area contributed by atoms with Gasteiger partial charge in [-0.05, 0) is 11.1 Å². The van der Waals surface area contributed by atoms with E-state index in [-0.39, 0.29) is 0 Å². The lowest BCUT2D eigenvalue weighted by molar-refractivity contribution is -0.138. The molecule has 106 valence electrons. The van der Waals surface area contributed by atoms with E-state index < -0.39 is 11.9 Å². The van der Waals surface area contributed by atoms with Gasteiger partial charge in [-0.2, -0.15) is 0 Å². The number of benzene rings is 1. The maximum Gasteiger partial charge on any atom is 0.330 e. The zero-order valence-electron chi connectivity index (χ0n) is 11.3. The molecule has 0 N–H and O–H groups in total. The SMILES string of the molecule is C=CC(=O)OCCc1cccc(CCOC(=O)C=C)c1. The fourth-order valence-electron chi connectivity index (χ4n) is 1.60. The molecule has 0 amide bonds. The quantitative estimate of drug-likeness (QED) is 0.539. The average molecular weight is 274 g/mol. The molecule has 0 bridgehead atoms. The summed E-state index contributed by atoms with van der Waals surface area (Å²) in [4.78, 5) is 21.8. The smallest absolute Gasteiger partial charge is 0.330 e. The van der Waals surface area contributed by atoms with Crippen LogP contribution in [-0.4, -0.2) is 25.2 Å². The molecular weight excluding hydrogens is 256 g/mol. The van der Waals surface area contributed by atoms with Crippen LogP contribution in [0.4, 0.5) is 0 Å². The van der Waals surface area contributed by atoms with Crippen LogP contribution in [0.5, 0.6) is 0 Å². The van der Waals surface area contributed by atoms with Crippen LogP contribution in [-0.2, 0) is 31.9 Å². The Balaban J connectivity index is 2.40. The van der Waals surface area contributed by atoms with Gasteiger partial charge in [0.05, 0.1) is 13.2 Å². The van der Waals surface area contributed by atoms with Gasteiger partial charge in [-0.1, -0.05) is 37.4 Å². The molecule has 0 aliphatic heterocycles. The van der Waals surface area contributed by atoms with Crippen molar-refractivity contribution in [1.29, 1.82) is 0 Å². The Morgan fingerprint density at radius 1 is 0.950 bits per heavy atom. The highest BCUT2D eigenvalue weighted by Gasteiger charge is 2.01. The van der Waals surface area contributed by atoms with Gasteiger partial charge < -0.3 is 9.47 Å². The molecule has 4 nitrogen and oxygen atoms in total. The minimum Gasteiger partial charge on any atom is -0.462 e. The summed E-state index contributed by atoms with van der Waals surface area (Å²) in [5.41, 5.74) is 2.13. The summed E-state index contributed by atoms with van der Waals surface area (Å²) in [5.74, 6) is -0.838. The summed E-state index contributed by atoms with van der Waals surface area (Å²) in [6.07, 6.45) is 3.56. The Labute approximate surface area is 118 Å². The van der Waals surface area contributed by atoms with E-state index in [1.165, 1.54) is 0 Å². The van der Waals surface area contributed by atoms with Crippen LogP contribution in [0.1, 0.15) is 11.1 Å². The van der Waals surface area contributed by atoms with Crippen LogP contribution in [0.25, 0.3) is 0 Å². The van der Waals surface area contributed by atoms with Crippen molar-refractivity contribution in [2.24, 2.45) is 0 Å². The van der Waals surface area contributed by atoms with Crippen LogP contribution in [0.3, 0.4) is 0 Å². The molecule has 0 saturated carbocycles. The fraction of sp³-hybridized carbons (Fsp3) is 0.250. The molecule has 0 spiro atoms. The van der Waals surface area contributed by atoms with Gasteiger partial charge in [0, 0.05) is 25.0 Å². The maximum atomic E-state index is 10.9. The fourth-order valence-corrected chi connectivity index (χ4v) is 1.60. The van der Waals surface area contributed by atoms with Crippen molar-refractivity contribution < 1.29 is 19.1 Å². The van der Waals surface area contributed by atoms with E-state index in [1.807, 2.05) is 24.3 Å². The first-order valence-electron chi connectivity index (χ1n) is 6.32. The number of rotatable bonds is 8. The third-order valence-corrected chi connectivity index (χ3v) is 2.59. The Bertz CT molecular complexity index is 450. The monoisotopic (exact) mass is 274 g/mol. The molecular formula is C16H18O4. The molecule has 1 aromatic carbocycles. The summed E-state index contributed by atoms with van der Waals surface area (Å²) in [5, 5.41) is 0. The molecule has 0 radical (unpaired) electrons. The van der Waals surface area contributed by atoms with Gasteiger partial charge in [0.2, 0.25) is 0 Å². The molecule has 0 saturated heterocycles. The average Bonchev–Trinajstić information content (AvgIpc) is 2.47. The second kappa shape index (κ2) is 8.69. The number of carbonyl (C=O) groups excluding carboxylic acids is 2. The summed E-state index contributed by atoms with van der Waals surface area (Å²) in [6, 6.07) is 7.85. The van der Waals surface area contributed by atoms with Crippen LogP contribution < -0.4 is 0 Å². The minimum atomic E-state index is -0.419. The van der Waals surface area contributed by atoms with E-state index in [0.717, 1.165) is 23.3 Å². The van der Waals surface area contributed by atoms with Crippen molar-refractivity contribution in [3.8, 4) is 0 Å². The number of carbonyl (C=O) groups is 2. The molecule has 0 atom stereocenters. The minimum absolute atomic E-state index is 0.319. The Morgan fingerprint density at radius 2 is 1.40 bits per heavy atom. The summed E-state index contributed by atoms with van der Waals surface area (Å²) < 4.78 is 9.85. The third kappa shape index (κ3) is 6.00. The first kappa shape index (κ1) is 15.7. The summed E-state index contributed by atoms with van der Waals surface area (Å²) in [6.45, 7) is 7.30. The van der Waals surface area contributed by atoms with Crippen LogP contribution in [0.15, 0.2) is 49.6 Å². The number of ether oxygens (including phenoxy) is 2. The molecule has 4 heteroatoms. The zero-order valence-corrected chi connectivity index (χ0v) is 11.3. The Morgan fingerprint density at radius 3 is 1.80 bits per heavy atom. The molecule has 0 aliphatic carbocycles. The van der Waals surface area contributed by atoms with Crippen molar-refractivity contribution in [3.63, 3.8) is 0 Å². The zero-order chi connectivity index (χ0) is 14.8. The van der Waals surface area contributed by atoms with E-state index in [1.54, 1.807) is 0 Å². The van der Waals surface area contributed by atoms with E-state index >= 15 is 0 Å². The molecule has 20 heavy (non-hydrogen) atoms. The molecule has 0 unspecified atom stereocenters. The van der Waals surface area contributed by atoms with Crippen molar-refractivity contribution in [3.05, 3.63) is 60.7 Å². The van der Waals surface area contributed by atoms with Gasteiger partial charge in [-0.3, -0.25) is 0 Å². The highest BCUT2D eigenvalue weighted by atomic mass is 16.5. The summed E-state index contributed by atoms with van der Waals surface area (Å²) in [7, 11) is 0. The lowest BCUT2D eigenvalue weighted by Crippen LogP contribution is -2.06. The predicted octanol–water partition coefficient (Wildman–Crippen LogP) is 2.23. The van der Waals surface area contributed by atoms with E-state index in [9.17, 15) is 9.59 Å². The van der Waals surface area contributed by atoms with Crippen LogP contribution >= 0.6 is 0 Å². The van der Waals surface area contributed by atoms with E-state index in [0.29, 0.717) is 26.1 Å². The van der Waals surface area contributed by atoms with Gasteiger partial charge in [-0.15, -0.1) is 0 Å². The van der Waals surface area contributed by atoms with Crippen molar-refractivity contribution >= 4 is 11.9 Å². The van der Waals surface area contributed by atoms with Gasteiger partial charge >= 0.3 is 11.9 Å². The van der Waals surface area contributed by atoms with Crippen LogP contribution in [0.2, 0.25) is 0 Å². The molecule has 1 aromatic rings. The van der Waals surface area contributed by atoms with Crippen molar-refractivity contribution in [1.82, 2.24) is 0 Å².